The lowest BCUT2D eigenvalue weighted by molar-refractivity contribution is -0.135. The molecule has 7 fully saturated rings. The lowest BCUT2D eigenvalue weighted by Gasteiger charge is -2.56. The van der Waals surface area contributed by atoms with Gasteiger partial charge < -0.3 is 35.0 Å². The number of hydrogen-bond donors (Lipinski definition) is 3. The molecule has 6 aliphatic heterocycles. The first-order valence-electron chi connectivity index (χ1n) is 29.4. The Bertz CT molecular complexity index is 3560. The minimum Gasteiger partial charge on any atom is -0.508 e. The minimum atomic E-state index is -0.726. The Labute approximate surface area is 468 Å². The van der Waals surface area contributed by atoms with Gasteiger partial charge in [-0.3, -0.25) is 33.9 Å². The molecule has 6 aromatic rings. The van der Waals surface area contributed by atoms with Crippen molar-refractivity contribution in [3.63, 3.8) is 0 Å². The van der Waals surface area contributed by atoms with Crippen molar-refractivity contribution in [1.82, 2.24) is 44.1 Å². The monoisotopic (exact) mass is 1110 g/mol. The van der Waals surface area contributed by atoms with E-state index in [2.05, 4.69) is 37.1 Å². The number of carbonyl (C=O) groups is 3. The zero-order chi connectivity index (χ0) is 56.1. The average Bonchev–Trinajstić information content (AvgIpc) is 4.22. The average molecular weight is 1110 g/mol. The number of fused-ring (bicyclic) bond motifs is 4. The number of hydrogen-bond acceptors (Lipinski definition) is 14. The number of benzene rings is 3. The number of rotatable bonds is 11. The molecule has 4 N–H and O–H groups in total. The van der Waals surface area contributed by atoms with E-state index in [1.165, 1.54) is 17.7 Å². The summed E-state index contributed by atoms with van der Waals surface area (Å²) in [5.74, 6) is -1.12. The number of nitrogens with one attached hydrogen (secondary N) is 1. The number of imidazole rings is 1. The second-order valence-electron chi connectivity index (χ2n) is 25.0. The first kappa shape index (κ1) is 53.5. The highest BCUT2D eigenvalue weighted by atomic mass is 19.1. The summed E-state index contributed by atoms with van der Waals surface area (Å²) in [5, 5.41) is 14.6. The van der Waals surface area contributed by atoms with Crippen LogP contribution in [0, 0.1) is 17.0 Å². The van der Waals surface area contributed by atoms with E-state index < -0.39 is 29.1 Å². The molecule has 1 unspecified atom stereocenters. The van der Waals surface area contributed by atoms with Gasteiger partial charge in [-0.05, 0) is 180 Å². The Morgan fingerprint density at radius 2 is 1.69 bits per heavy atom. The summed E-state index contributed by atoms with van der Waals surface area (Å²) >= 11 is 0. The molecule has 3 amide bonds. The molecule has 0 radical (unpaired) electrons. The lowest BCUT2D eigenvalue weighted by Crippen LogP contribution is -2.56. The number of nitrogens with zero attached hydrogens (tertiary/aromatic N) is 9. The highest BCUT2D eigenvalue weighted by molar-refractivity contribution is 6.02. The van der Waals surface area contributed by atoms with Gasteiger partial charge in [0.15, 0.2) is 5.82 Å². The molecule has 428 valence electrons. The normalized spacial score (nSPS) is 25.8. The summed E-state index contributed by atoms with van der Waals surface area (Å²) in [7, 11) is 1.75. The van der Waals surface area contributed by atoms with Crippen LogP contribution in [0.3, 0.4) is 0 Å². The van der Waals surface area contributed by atoms with Gasteiger partial charge in [-0.25, -0.2) is 18.4 Å². The van der Waals surface area contributed by atoms with Crippen LogP contribution in [0.5, 0.6) is 11.8 Å². The number of aromatic hydroxyl groups is 1. The number of halogens is 2. The molecule has 9 heterocycles. The number of amides is 3. The van der Waals surface area contributed by atoms with Crippen LogP contribution in [0.1, 0.15) is 127 Å². The Morgan fingerprint density at radius 1 is 0.901 bits per heavy atom. The predicted octanol–water partition coefficient (Wildman–Crippen LogP) is 7.98. The quantitative estimate of drug-likeness (QED) is 0.105. The van der Waals surface area contributed by atoms with Gasteiger partial charge >= 0.3 is 17.8 Å². The fourth-order valence-electron chi connectivity index (χ4n) is 15.5. The van der Waals surface area contributed by atoms with E-state index in [-0.39, 0.29) is 76.2 Å². The predicted molar refractivity (Wildman–Crippen MR) is 302 cm³/mol. The maximum absolute atomic E-state index is 17.3. The number of aryl methyl sites for hydroxylation is 2. The summed E-state index contributed by atoms with van der Waals surface area (Å²) in [4.78, 5) is 74.9. The molecule has 20 heteroatoms. The number of ether oxygens (including phenoxy) is 2. The molecule has 1 saturated carbocycles. The second kappa shape index (κ2) is 20.6. The Kier molecular flexibility index (Phi) is 13.6. The lowest BCUT2D eigenvalue weighted by atomic mass is 9.59. The second-order valence-corrected chi connectivity index (χ2v) is 25.0. The van der Waals surface area contributed by atoms with Crippen LogP contribution >= 0.6 is 0 Å². The van der Waals surface area contributed by atoms with Crippen LogP contribution in [-0.2, 0) is 27.8 Å². The first-order chi connectivity index (χ1) is 39.0. The Balaban J connectivity index is 0.624. The van der Waals surface area contributed by atoms with Crippen molar-refractivity contribution in [2.24, 2.45) is 18.2 Å². The number of aromatic nitrogens is 5. The number of nitrogens with two attached hydrogens (primary N) is 1. The maximum atomic E-state index is 17.3. The van der Waals surface area contributed by atoms with Crippen molar-refractivity contribution in [3.05, 3.63) is 81.9 Å². The maximum Gasteiger partial charge on any atom is 0.409 e. The fraction of sp³-hybridized carbons (Fsp3) is 0.557. The molecule has 13 rings (SSSR count). The zero-order valence-corrected chi connectivity index (χ0v) is 46.7. The number of phenolic OH excluding ortho intramolecular Hbond substituents is 1. The molecular formula is C61H73F2N11O7. The number of imide groups is 1. The summed E-state index contributed by atoms with van der Waals surface area (Å²) in [6, 6.07) is 12.0. The molecule has 3 aromatic carbocycles. The largest absolute Gasteiger partial charge is 0.508 e. The van der Waals surface area contributed by atoms with Gasteiger partial charge in [-0.15, -0.1) is 0 Å². The number of phenols is 1. The third-order valence-electron chi connectivity index (χ3n) is 19.9. The molecule has 0 bridgehead atoms. The number of anilines is 1. The van der Waals surface area contributed by atoms with E-state index in [1.807, 2.05) is 24.8 Å². The third kappa shape index (κ3) is 9.55. The molecule has 1 spiro atoms. The van der Waals surface area contributed by atoms with Gasteiger partial charge in [0.2, 0.25) is 11.8 Å². The molecule has 3 aromatic heterocycles. The fourth-order valence-corrected chi connectivity index (χ4v) is 15.5. The van der Waals surface area contributed by atoms with Crippen LogP contribution in [-0.4, -0.2) is 144 Å². The molecular weight excluding hydrogens is 1040 g/mol. The number of pyridine rings is 1. The summed E-state index contributed by atoms with van der Waals surface area (Å²) in [5.41, 5.74) is 9.20. The van der Waals surface area contributed by atoms with E-state index in [4.69, 9.17) is 25.2 Å². The van der Waals surface area contributed by atoms with Crippen molar-refractivity contribution in [3.8, 4) is 23.0 Å². The van der Waals surface area contributed by atoms with E-state index in [0.717, 1.165) is 102 Å². The molecule has 4 atom stereocenters. The summed E-state index contributed by atoms with van der Waals surface area (Å²) in [6.07, 6.45) is 13.6. The van der Waals surface area contributed by atoms with Crippen molar-refractivity contribution in [2.75, 3.05) is 63.9 Å². The van der Waals surface area contributed by atoms with Crippen molar-refractivity contribution in [2.45, 2.75) is 145 Å². The van der Waals surface area contributed by atoms with Gasteiger partial charge in [0.05, 0.1) is 22.0 Å². The van der Waals surface area contributed by atoms with Gasteiger partial charge in [0.1, 0.15) is 47.9 Å². The van der Waals surface area contributed by atoms with Crippen LogP contribution in [0.15, 0.2) is 53.5 Å². The van der Waals surface area contributed by atoms with Crippen LogP contribution in [0.25, 0.3) is 44.0 Å². The van der Waals surface area contributed by atoms with Gasteiger partial charge in [-0.1, -0.05) is 19.1 Å². The smallest absolute Gasteiger partial charge is 0.409 e. The SMILES string of the molecule is CCc1c(F)ccc2cc(O)cc(-c3ncc4c(N5CCC[C@@](C)(N)C5)nc(OC[C@@]56CCCN5[C@H](COC(=O)N5CCC7(CC5)CC(N5CCC(c8ccc9c(c8)n(C)c(=O)n9C8CCC(=O)NC8=O)CC5)C7)CC6)nc4c3F)c12. The highest BCUT2D eigenvalue weighted by Gasteiger charge is 2.52. The molecule has 6 saturated heterocycles. The number of piperidine rings is 4. The Hall–Kier alpha value is -6.77. The highest BCUT2D eigenvalue weighted by Crippen LogP contribution is 2.52. The van der Waals surface area contributed by atoms with Crippen molar-refractivity contribution in [1.29, 1.82) is 0 Å². The topological polar surface area (TPSA) is 207 Å². The van der Waals surface area contributed by atoms with Gasteiger partial charge in [-0.2, -0.15) is 9.97 Å². The number of carbonyl (C=O) groups excluding carboxylic acids is 3. The minimum absolute atomic E-state index is 0.0101. The molecule has 7 aliphatic rings. The summed E-state index contributed by atoms with van der Waals surface area (Å²) in [6.45, 7) is 9.77. The standard InChI is InChI=1S/C61H73F2N11O7/c1-4-42-45(62)9-7-38-27-41(75)29-43(50(38)42)52-51(63)53-44(32-65-52)54(72-21-5-16-59(2,64)34-72)68-56(67-53)81-35-61-17-6-22-73(61)39(13-18-61)33-80-58(79)71-25-19-60(20-26-71)30-40(31-60)70-23-14-36(15-24-70)37-8-10-46-48(28-37)69(3)57(78)74(46)47-11-12-49(76)66-55(47)77/h7-10,27-29,32,36,39-40,47,75H,4-6,11-26,30-31,33-35,64H2,1-3H3,(H,66,76,77)/t39-,47?,59+,61-/m0/s1. The molecule has 1 aliphatic carbocycles. The van der Waals surface area contributed by atoms with Crippen LogP contribution < -0.4 is 26.4 Å². The van der Waals surface area contributed by atoms with E-state index in [0.29, 0.717) is 90.6 Å². The van der Waals surface area contributed by atoms with E-state index in [1.54, 1.807) is 34.5 Å². The number of likely N-dealkylation sites (tertiary alicyclic amines) is 2. The van der Waals surface area contributed by atoms with Crippen LogP contribution in [0.4, 0.5) is 19.4 Å². The van der Waals surface area contributed by atoms with E-state index in [9.17, 15) is 24.3 Å². The zero-order valence-electron chi connectivity index (χ0n) is 46.7. The van der Waals surface area contributed by atoms with E-state index >= 15 is 8.78 Å². The first-order valence-corrected chi connectivity index (χ1v) is 29.4. The molecule has 18 nitrogen and oxygen atoms in total. The van der Waals surface area contributed by atoms with Crippen LogP contribution in [0.2, 0.25) is 0 Å². The summed E-state index contributed by atoms with van der Waals surface area (Å²) < 4.78 is 48.5. The Morgan fingerprint density at radius 3 is 2.46 bits per heavy atom. The van der Waals surface area contributed by atoms with Crippen molar-refractivity contribution >= 4 is 56.4 Å². The van der Waals surface area contributed by atoms with Gasteiger partial charge in [0.25, 0.3) is 0 Å². The van der Waals surface area contributed by atoms with Crippen molar-refractivity contribution < 1.29 is 37.7 Å². The molecule has 81 heavy (non-hydrogen) atoms. The van der Waals surface area contributed by atoms with Gasteiger partial charge in [0, 0.05) is 69.0 Å². The third-order valence-corrected chi connectivity index (χ3v) is 19.9.